The number of nitrogens with one attached hydrogen (secondary N) is 1. The Morgan fingerprint density at radius 3 is 2.50 bits per heavy atom. The van der Waals surface area contributed by atoms with Gasteiger partial charge < -0.3 is 10.2 Å². The van der Waals surface area contributed by atoms with Crippen molar-refractivity contribution >= 4 is 11.6 Å². The van der Waals surface area contributed by atoms with Crippen LogP contribution < -0.4 is 5.32 Å². The van der Waals surface area contributed by atoms with Crippen molar-refractivity contribution in [3.05, 3.63) is 57.4 Å². The Kier molecular flexibility index (Phi) is 6.46. The van der Waals surface area contributed by atoms with E-state index in [4.69, 9.17) is 0 Å². The molecule has 1 heterocycles. The summed E-state index contributed by atoms with van der Waals surface area (Å²) >= 11 is 0. The second-order valence-corrected chi connectivity index (χ2v) is 6.55. The molecule has 0 fully saturated rings. The molecule has 2 aromatic rings. The number of carbonyl (C=O) groups excluding carboxylic acids is 1. The van der Waals surface area contributed by atoms with Crippen LogP contribution in [0.2, 0.25) is 0 Å². The fourth-order valence-electron chi connectivity index (χ4n) is 2.85. The standard InChI is InChI=1S/C18H25N5O3/c1-13-18(23(25)26)14(2)22(20-13)12-17(24)19-11-16(21(3)4)10-15-8-6-5-7-9-15/h5-9,16H,10-12H2,1-4H3,(H,19,24). The van der Waals surface area contributed by atoms with Gasteiger partial charge in [0.15, 0.2) is 0 Å². The van der Waals surface area contributed by atoms with E-state index in [9.17, 15) is 14.9 Å². The number of nitro groups is 1. The van der Waals surface area contributed by atoms with E-state index in [2.05, 4.69) is 27.4 Å². The average Bonchev–Trinajstić information content (AvgIpc) is 2.85. The molecule has 8 heteroatoms. The highest BCUT2D eigenvalue weighted by Gasteiger charge is 2.23. The van der Waals surface area contributed by atoms with Crippen molar-refractivity contribution in [1.82, 2.24) is 20.0 Å². The molecular weight excluding hydrogens is 334 g/mol. The van der Waals surface area contributed by atoms with Crippen LogP contribution in [0.15, 0.2) is 30.3 Å². The highest BCUT2D eigenvalue weighted by atomic mass is 16.6. The third kappa shape index (κ3) is 4.89. The molecule has 140 valence electrons. The number of aryl methyl sites for hydroxylation is 1. The second kappa shape index (κ2) is 8.57. The Labute approximate surface area is 153 Å². The summed E-state index contributed by atoms with van der Waals surface area (Å²) in [5.41, 5.74) is 1.87. The molecule has 0 aliphatic carbocycles. The minimum atomic E-state index is -0.464. The Bertz CT molecular complexity index is 771. The predicted molar refractivity (Wildman–Crippen MR) is 99.0 cm³/mol. The number of nitrogens with zero attached hydrogens (tertiary/aromatic N) is 4. The van der Waals surface area contributed by atoms with Gasteiger partial charge in [0.05, 0.1) is 4.92 Å². The van der Waals surface area contributed by atoms with Crippen LogP contribution in [0.3, 0.4) is 0 Å². The molecule has 1 N–H and O–H groups in total. The molecule has 0 bridgehead atoms. The van der Waals surface area contributed by atoms with Gasteiger partial charge in [0.25, 0.3) is 0 Å². The largest absolute Gasteiger partial charge is 0.353 e. The minimum Gasteiger partial charge on any atom is -0.353 e. The SMILES string of the molecule is Cc1nn(CC(=O)NCC(Cc2ccccc2)N(C)C)c(C)c1[N+](=O)[O-]. The lowest BCUT2D eigenvalue weighted by atomic mass is 10.1. The first kappa shape index (κ1) is 19.6. The maximum absolute atomic E-state index is 12.3. The van der Waals surface area contributed by atoms with Crippen LogP contribution in [0, 0.1) is 24.0 Å². The molecule has 0 saturated heterocycles. The summed E-state index contributed by atoms with van der Waals surface area (Å²) in [6.45, 7) is 3.62. The first-order chi connectivity index (χ1) is 12.3. The molecule has 1 amide bonds. The Balaban J connectivity index is 1.96. The minimum absolute atomic E-state index is 0.0342. The van der Waals surface area contributed by atoms with Gasteiger partial charge in [-0.15, -0.1) is 0 Å². The molecule has 8 nitrogen and oxygen atoms in total. The molecule has 0 radical (unpaired) electrons. The van der Waals surface area contributed by atoms with Crippen molar-refractivity contribution < 1.29 is 9.72 Å². The highest BCUT2D eigenvalue weighted by Crippen LogP contribution is 2.21. The Morgan fingerprint density at radius 1 is 1.31 bits per heavy atom. The maximum atomic E-state index is 12.3. The number of hydrogen-bond acceptors (Lipinski definition) is 5. The highest BCUT2D eigenvalue weighted by molar-refractivity contribution is 5.75. The number of carbonyl (C=O) groups is 1. The predicted octanol–water partition coefficient (Wildman–Crippen LogP) is 1.70. The topological polar surface area (TPSA) is 93.3 Å². The summed E-state index contributed by atoms with van der Waals surface area (Å²) in [4.78, 5) is 24.9. The Hall–Kier alpha value is -2.74. The van der Waals surface area contributed by atoms with E-state index in [0.29, 0.717) is 17.9 Å². The summed E-state index contributed by atoms with van der Waals surface area (Å²) in [5, 5.41) is 18.1. The van der Waals surface area contributed by atoms with Gasteiger partial charge >= 0.3 is 5.69 Å². The zero-order chi connectivity index (χ0) is 19.3. The van der Waals surface area contributed by atoms with Crippen LogP contribution in [0.1, 0.15) is 17.0 Å². The third-order valence-electron chi connectivity index (χ3n) is 4.40. The van der Waals surface area contributed by atoms with E-state index in [1.54, 1.807) is 13.8 Å². The summed E-state index contributed by atoms with van der Waals surface area (Å²) in [7, 11) is 3.95. The van der Waals surface area contributed by atoms with Crippen molar-refractivity contribution in [2.45, 2.75) is 32.9 Å². The first-order valence-electron chi connectivity index (χ1n) is 8.45. The van der Waals surface area contributed by atoms with Crippen molar-refractivity contribution in [1.29, 1.82) is 0 Å². The lowest BCUT2D eigenvalue weighted by Gasteiger charge is -2.24. The molecule has 0 spiro atoms. The summed E-state index contributed by atoms with van der Waals surface area (Å²) < 4.78 is 1.38. The van der Waals surface area contributed by atoms with Crippen LogP contribution >= 0.6 is 0 Å². The molecule has 1 unspecified atom stereocenters. The molecule has 1 aromatic carbocycles. The molecule has 0 aliphatic heterocycles. The number of amides is 1. The monoisotopic (exact) mass is 359 g/mol. The van der Waals surface area contributed by atoms with Crippen LogP contribution in [-0.4, -0.2) is 52.2 Å². The molecule has 26 heavy (non-hydrogen) atoms. The molecule has 0 aliphatic rings. The van der Waals surface area contributed by atoms with Gasteiger partial charge in [0.1, 0.15) is 17.9 Å². The second-order valence-electron chi connectivity index (χ2n) is 6.55. The van der Waals surface area contributed by atoms with Gasteiger partial charge in [-0.05, 0) is 39.9 Å². The number of hydrogen-bond donors (Lipinski definition) is 1. The van der Waals surface area contributed by atoms with E-state index in [-0.39, 0.29) is 24.2 Å². The average molecular weight is 359 g/mol. The smallest absolute Gasteiger partial charge is 0.312 e. The summed E-state index contributed by atoms with van der Waals surface area (Å²) in [5.74, 6) is -0.217. The normalized spacial score (nSPS) is 12.2. The van der Waals surface area contributed by atoms with Gasteiger partial charge in [0, 0.05) is 12.6 Å². The number of aromatic nitrogens is 2. The van der Waals surface area contributed by atoms with Gasteiger partial charge in [-0.25, -0.2) is 0 Å². The molecule has 0 saturated carbocycles. The van der Waals surface area contributed by atoms with Crippen LogP contribution in [0.5, 0.6) is 0 Å². The fourth-order valence-corrected chi connectivity index (χ4v) is 2.85. The lowest BCUT2D eigenvalue weighted by molar-refractivity contribution is -0.386. The zero-order valence-electron chi connectivity index (χ0n) is 15.6. The van der Waals surface area contributed by atoms with E-state index in [1.807, 2.05) is 32.3 Å². The van der Waals surface area contributed by atoms with Crippen LogP contribution in [0.25, 0.3) is 0 Å². The maximum Gasteiger partial charge on any atom is 0.312 e. The van der Waals surface area contributed by atoms with E-state index in [0.717, 1.165) is 6.42 Å². The Morgan fingerprint density at radius 2 is 1.96 bits per heavy atom. The van der Waals surface area contributed by atoms with E-state index in [1.165, 1.54) is 10.2 Å². The summed E-state index contributed by atoms with van der Waals surface area (Å²) in [6.07, 6.45) is 0.819. The quantitative estimate of drug-likeness (QED) is 0.572. The molecular formula is C18H25N5O3. The van der Waals surface area contributed by atoms with Gasteiger partial charge in [-0.1, -0.05) is 30.3 Å². The molecule has 2 rings (SSSR count). The van der Waals surface area contributed by atoms with Crippen LogP contribution in [0.4, 0.5) is 5.69 Å². The zero-order valence-corrected chi connectivity index (χ0v) is 15.6. The first-order valence-corrected chi connectivity index (χ1v) is 8.45. The molecule has 1 atom stereocenters. The van der Waals surface area contributed by atoms with Crippen molar-refractivity contribution in [3.8, 4) is 0 Å². The van der Waals surface area contributed by atoms with Gasteiger partial charge in [-0.3, -0.25) is 19.6 Å². The number of benzene rings is 1. The van der Waals surface area contributed by atoms with Crippen molar-refractivity contribution in [3.63, 3.8) is 0 Å². The van der Waals surface area contributed by atoms with E-state index < -0.39 is 4.92 Å². The fraction of sp³-hybridized carbons (Fsp3) is 0.444. The van der Waals surface area contributed by atoms with E-state index >= 15 is 0 Å². The summed E-state index contributed by atoms with van der Waals surface area (Å²) in [6, 6.07) is 10.2. The van der Waals surface area contributed by atoms with Crippen LogP contribution in [-0.2, 0) is 17.8 Å². The van der Waals surface area contributed by atoms with Crippen molar-refractivity contribution in [2.24, 2.45) is 0 Å². The number of likely N-dealkylation sites (N-methyl/N-ethyl adjacent to an activating group) is 1. The number of rotatable bonds is 8. The van der Waals surface area contributed by atoms with Gasteiger partial charge in [0.2, 0.25) is 5.91 Å². The molecule has 1 aromatic heterocycles. The van der Waals surface area contributed by atoms with Crippen molar-refractivity contribution in [2.75, 3.05) is 20.6 Å². The lowest BCUT2D eigenvalue weighted by Crippen LogP contribution is -2.42. The van der Waals surface area contributed by atoms with Gasteiger partial charge in [-0.2, -0.15) is 5.10 Å². The third-order valence-corrected chi connectivity index (χ3v) is 4.40.